The highest BCUT2D eigenvalue weighted by molar-refractivity contribution is 7.89. The Labute approximate surface area is 170 Å². The molecule has 0 unspecified atom stereocenters. The van der Waals surface area contributed by atoms with E-state index in [0.29, 0.717) is 29.8 Å². The lowest BCUT2D eigenvalue weighted by molar-refractivity contribution is 0.0767. The monoisotopic (exact) mass is 431 g/mol. The molecule has 3 saturated heterocycles. The first kappa shape index (κ1) is 17.4. The second-order valence-electron chi connectivity index (χ2n) is 7.83. The molecule has 0 saturated carbocycles. The average molecular weight is 432 g/mol. The van der Waals surface area contributed by atoms with E-state index in [9.17, 15) is 13.2 Å². The average Bonchev–Trinajstić information content (AvgIpc) is 3.52. The highest BCUT2D eigenvalue weighted by Gasteiger charge is 2.61. The van der Waals surface area contributed by atoms with Crippen molar-refractivity contribution in [2.24, 2.45) is 11.8 Å². The van der Waals surface area contributed by atoms with Crippen molar-refractivity contribution in [2.75, 3.05) is 13.1 Å². The third kappa shape index (κ3) is 2.36. The molecule has 2 bridgehead atoms. The minimum atomic E-state index is -3.69. The number of nitrogens with one attached hydrogen (secondary N) is 1. The van der Waals surface area contributed by atoms with Gasteiger partial charge in [0.25, 0.3) is 5.91 Å². The Balaban J connectivity index is 1.32. The summed E-state index contributed by atoms with van der Waals surface area (Å²) in [6.07, 6.45) is 3.06. The number of fused-ring (bicyclic) bond motifs is 6. The summed E-state index contributed by atoms with van der Waals surface area (Å²) in [5.41, 5.74) is 1.34. The Bertz CT molecular complexity index is 1190. The van der Waals surface area contributed by atoms with Crippen LogP contribution in [0.5, 0.6) is 0 Å². The maximum absolute atomic E-state index is 13.6. The Kier molecular flexibility index (Phi) is 3.62. The summed E-state index contributed by atoms with van der Waals surface area (Å²) >= 11 is 1.02. The van der Waals surface area contributed by atoms with Crippen LogP contribution in [0.25, 0.3) is 11.0 Å². The lowest BCUT2D eigenvalue weighted by Crippen LogP contribution is -2.41. The molecule has 10 nitrogen and oxygen atoms in total. The van der Waals surface area contributed by atoms with Gasteiger partial charge < -0.3 is 4.90 Å². The summed E-state index contributed by atoms with van der Waals surface area (Å²) in [5, 5.41) is 10.1. The maximum atomic E-state index is 13.6. The van der Waals surface area contributed by atoms with Crippen molar-refractivity contribution in [1.29, 1.82) is 0 Å². The van der Waals surface area contributed by atoms with Gasteiger partial charge in [-0.1, -0.05) is 6.07 Å². The van der Waals surface area contributed by atoms with Crippen molar-refractivity contribution in [3.8, 4) is 0 Å². The fourth-order valence-electron chi connectivity index (χ4n) is 5.41. The number of amides is 1. The molecule has 3 fully saturated rings. The Morgan fingerprint density at radius 2 is 1.90 bits per heavy atom. The molecular formula is C17H17N7O3S2. The van der Waals surface area contributed by atoms with E-state index in [0.717, 1.165) is 24.6 Å². The number of nitrogens with zero attached hydrogens (tertiary/aromatic N) is 6. The number of benzene rings is 1. The van der Waals surface area contributed by atoms with E-state index < -0.39 is 10.0 Å². The van der Waals surface area contributed by atoms with Crippen LogP contribution in [-0.4, -0.2) is 72.9 Å². The molecule has 6 rings (SSSR count). The number of carbonyl (C=O) groups is 1. The summed E-state index contributed by atoms with van der Waals surface area (Å²) in [6.45, 7) is 1.10. The van der Waals surface area contributed by atoms with Crippen LogP contribution in [0.1, 0.15) is 23.3 Å². The first-order chi connectivity index (χ1) is 14.1. The van der Waals surface area contributed by atoms with Crippen LogP contribution >= 0.6 is 11.7 Å². The predicted molar refractivity (Wildman–Crippen MR) is 103 cm³/mol. The summed E-state index contributed by atoms with van der Waals surface area (Å²) < 4.78 is 37.3. The molecule has 3 aliphatic heterocycles. The first-order valence-corrected chi connectivity index (χ1v) is 11.6. The van der Waals surface area contributed by atoms with Gasteiger partial charge in [-0.05, 0) is 36.8 Å². The number of likely N-dealkylation sites (tertiary alicyclic amines) is 1. The smallest absolute Gasteiger partial charge is 0.276 e. The molecule has 0 spiro atoms. The molecule has 12 heteroatoms. The lowest BCUT2D eigenvalue weighted by Gasteiger charge is -2.26. The normalized spacial score (nSPS) is 29.0. The van der Waals surface area contributed by atoms with Crippen LogP contribution in [0.15, 0.2) is 29.3 Å². The molecule has 3 aliphatic rings. The SMILES string of the molecule is O=C(c1cn[nH]n1)N1C[C@@H]2[C@H](C1)[C@H]1CC[C@@H]2N1S(=O)(=O)c1cccc2nsnc12. The topological polar surface area (TPSA) is 125 Å². The van der Waals surface area contributed by atoms with E-state index >= 15 is 0 Å². The van der Waals surface area contributed by atoms with Crippen LogP contribution in [-0.2, 0) is 10.0 Å². The van der Waals surface area contributed by atoms with Crippen molar-refractivity contribution >= 4 is 38.7 Å². The molecule has 29 heavy (non-hydrogen) atoms. The van der Waals surface area contributed by atoms with E-state index in [1.54, 1.807) is 27.4 Å². The Morgan fingerprint density at radius 3 is 2.59 bits per heavy atom. The fraction of sp³-hybridized carbons (Fsp3) is 0.471. The van der Waals surface area contributed by atoms with Gasteiger partial charge in [0, 0.05) is 25.2 Å². The Morgan fingerprint density at radius 1 is 1.14 bits per heavy atom. The number of carbonyl (C=O) groups excluding carboxylic acids is 1. The minimum Gasteiger partial charge on any atom is -0.336 e. The second-order valence-corrected chi connectivity index (χ2v) is 10.2. The van der Waals surface area contributed by atoms with Crippen molar-refractivity contribution in [3.05, 3.63) is 30.1 Å². The molecule has 1 amide bonds. The predicted octanol–water partition coefficient (Wildman–Crippen LogP) is 0.733. The standard InChI is InChI=1S/C17H17N7O3S2/c25-17(12-6-18-22-19-12)23-7-9-10(8-23)14-5-4-13(9)24(14)29(26,27)15-3-1-2-11-16(15)21-28-20-11/h1-3,6,9-10,13-14H,4-5,7-8H2,(H,18,19,22)/t9-,10+,13+,14-. The van der Waals surface area contributed by atoms with Crippen LogP contribution in [0.3, 0.4) is 0 Å². The van der Waals surface area contributed by atoms with Crippen LogP contribution in [0.2, 0.25) is 0 Å². The number of aromatic amines is 1. The summed E-state index contributed by atoms with van der Waals surface area (Å²) in [5.74, 6) is 0.138. The van der Waals surface area contributed by atoms with E-state index in [2.05, 4.69) is 24.2 Å². The zero-order chi connectivity index (χ0) is 19.8. The van der Waals surface area contributed by atoms with Crippen molar-refractivity contribution in [1.82, 2.24) is 33.4 Å². The quantitative estimate of drug-likeness (QED) is 0.648. The van der Waals surface area contributed by atoms with Crippen molar-refractivity contribution in [2.45, 2.75) is 29.8 Å². The molecule has 3 aromatic rings. The minimum absolute atomic E-state index is 0.0908. The van der Waals surface area contributed by atoms with Crippen LogP contribution < -0.4 is 0 Å². The van der Waals surface area contributed by atoms with E-state index in [1.165, 1.54) is 6.20 Å². The Hall–Kier alpha value is -2.44. The van der Waals surface area contributed by atoms with Gasteiger partial charge in [0.1, 0.15) is 15.9 Å². The number of hydrogen-bond donors (Lipinski definition) is 1. The number of H-pyrrole nitrogens is 1. The van der Waals surface area contributed by atoms with Crippen LogP contribution in [0.4, 0.5) is 0 Å². The highest BCUT2D eigenvalue weighted by Crippen LogP contribution is 2.51. The second kappa shape index (κ2) is 6.03. The van der Waals surface area contributed by atoms with E-state index in [-0.39, 0.29) is 34.7 Å². The van der Waals surface area contributed by atoms with Gasteiger partial charge in [-0.25, -0.2) is 8.42 Å². The number of rotatable bonds is 3. The molecule has 4 atom stereocenters. The molecule has 150 valence electrons. The summed E-state index contributed by atoms with van der Waals surface area (Å²) in [7, 11) is -3.69. The van der Waals surface area contributed by atoms with Gasteiger partial charge in [0.05, 0.1) is 17.9 Å². The van der Waals surface area contributed by atoms with Gasteiger partial charge in [0.2, 0.25) is 10.0 Å². The zero-order valence-electron chi connectivity index (χ0n) is 15.2. The van der Waals surface area contributed by atoms with Gasteiger partial charge in [-0.2, -0.15) is 28.5 Å². The lowest BCUT2D eigenvalue weighted by atomic mass is 9.82. The molecule has 5 heterocycles. The summed E-state index contributed by atoms with van der Waals surface area (Å²) in [4.78, 5) is 14.7. The van der Waals surface area contributed by atoms with Gasteiger partial charge in [-0.3, -0.25) is 4.79 Å². The molecule has 1 N–H and O–H groups in total. The highest BCUT2D eigenvalue weighted by atomic mass is 32.2. The molecule has 0 radical (unpaired) electrons. The first-order valence-electron chi connectivity index (χ1n) is 9.45. The van der Waals surface area contributed by atoms with Gasteiger partial charge >= 0.3 is 0 Å². The molecule has 1 aromatic carbocycles. The maximum Gasteiger partial charge on any atom is 0.276 e. The number of sulfonamides is 1. The largest absolute Gasteiger partial charge is 0.336 e. The van der Waals surface area contributed by atoms with Crippen LogP contribution in [0, 0.1) is 11.8 Å². The summed E-state index contributed by atoms with van der Waals surface area (Å²) in [6, 6.07) is 4.93. The van der Waals surface area contributed by atoms with Crippen molar-refractivity contribution in [3.63, 3.8) is 0 Å². The molecule has 0 aliphatic carbocycles. The number of aromatic nitrogens is 5. The molecule has 2 aromatic heterocycles. The number of hydrogen-bond acceptors (Lipinski definition) is 8. The van der Waals surface area contributed by atoms with Crippen molar-refractivity contribution < 1.29 is 13.2 Å². The molecular weight excluding hydrogens is 414 g/mol. The third-order valence-corrected chi connectivity index (χ3v) is 9.06. The van der Waals surface area contributed by atoms with Gasteiger partial charge in [0.15, 0.2) is 5.69 Å². The fourth-order valence-corrected chi connectivity index (χ4v) is 8.12. The zero-order valence-corrected chi connectivity index (χ0v) is 16.8. The van der Waals surface area contributed by atoms with E-state index in [4.69, 9.17) is 0 Å². The third-order valence-electron chi connectivity index (χ3n) is 6.54. The van der Waals surface area contributed by atoms with E-state index in [1.807, 2.05) is 0 Å². The van der Waals surface area contributed by atoms with Gasteiger partial charge in [-0.15, -0.1) is 0 Å².